The van der Waals surface area contributed by atoms with Crippen molar-refractivity contribution in [1.82, 2.24) is 0 Å². The standard InChI is InChI=1S/C20H24BrN3O2/c1-15(20(25)22-17-9-7-16(21)8-10-17)23-11-13-24(14-12-23)18-5-3-4-6-19(18)26-2/h3-10,15H,11-14H2,1-2H3,(H,22,25)/p+1/t15-/m0/s1. The lowest BCUT2D eigenvalue weighted by atomic mass is 10.2. The Bertz CT molecular complexity index is 743. The zero-order valence-electron chi connectivity index (χ0n) is 15.2. The van der Waals surface area contributed by atoms with Crippen LogP contribution in [-0.2, 0) is 4.79 Å². The van der Waals surface area contributed by atoms with Crippen molar-refractivity contribution in [3.05, 3.63) is 53.0 Å². The summed E-state index contributed by atoms with van der Waals surface area (Å²) < 4.78 is 6.47. The van der Waals surface area contributed by atoms with Crippen LogP contribution < -0.4 is 19.9 Å². The fraction of sp³-hybridized carbons (Fsp3) is 0.350. The smallest absolute Gasteiger partial charge is 0.282 e. The second kappa shape index (κ2) is 8.56. The van der Waals surface area contributed by atoms with E-state index in [0.29, 0.717) is 0 Å². The molecule has 5 nitrogen and oxygen atoms in total. The predicted octanol–water partition coefficient (Wildman–Crippen LogP) is 2.19. The SMILES string of the molecule is COc1ccccc1N1CC[NH+]([C@@H](C)C(=O)Nc2ccc(Br)cc2)CC1. The van der Waals surface area contributed by atoms with Gasteiger partial charge in [0.2, 0.25) is 0 Å². The van der Waals surface area contributed by atoms with Gasteiger partial charge in [0, 0.05) is 10.2 Å². The maximum atomic E-state index is 12.6. The lowest BCUT2D eigenvalue weighted by molar-refractivity contribution is -0.914. The van der Waals surface area contributed by atoms with Crippen molar-refractivity contribution in [2.75, 3.05) is 43.5 Å². The number of benzene rings is 2. The molecule has 2 aromatic rings. The number of piperazine rings is 1. The molecule has 1 heterocycles. The van der Waals surface area contributed by atoms with Crippen molar-refractivity contribution in [1.29, 1.82) is 0 Å². The fourth-order valence-corrected chi connectivity index (χ4v) is 3.59. The van der Waals surface area contributed by atoms with Gasteiger partial charge in [0.25, 0.3) is 5.91 Å². The number of ether oxygens (including phenoxy) is 1. The number of anilines is 2. The van der Waals surface area contributed by atoms with Crippen molar-refractivity contribution in [2.24, 2.45) is 0 Å². The van der Waals surface area contributed by atoms with Gasteiger partial charge in [-0.2, -0.15) is 0 Å². The average molecular weight is 419 g/mol. The highest BCUT2D eigenvalue weighted by Crippen LogP contribution is 2.27. The summed E-state index contributed by atoms with van der Waals surface area (Å²) in [4.78, 5) is 16.2. The minimum atomic E-state index is -0.0848. The molecule has 0 aromatic heterocycles. The van der Waals surface area contributed by atoms with Gasteiger partial charge in [-0.05, 0) is 43.3 Å². The van der Waals surface area contributed by atoms with Crippen LogP contribution in [0, 0.1) is 0 Å². The van der Waals surface area contributed by atoms with Gasteiger partial charge in [-0.25, -0.2) is 0 Å². The molecular weight excluding hydrogens is 394 g/mol. The molecule has 1 amide bonds. The van der Waals surface area contributed by atoms with E-state index in [1.165, 1.54) is 4.90 Å². The van der Waals surface area contributed by atoms with Gasteiger partial charge < -0.3 is 19.9 Å². The Hall–Kier alpha value is -2.05. The van der Waals surface area contributed by atoms with Crippen LogP contribution in [0.1, 0.15) is 6.92 Å². The maximum absolute atomic E-state index is 12.6. The van der Waals surface area contributed by atoms with Gasteiger partial charge in [0.05, 0.1) is 39.0 Å². The van der Waals surface area contributed by atoms with Crippen LogP contribution in [0.25, 0.3) is 0 Å². The largest absolute Gasteiger partial charge is 0.495 e. The van der Waals surface area contributed by atoms with E-state index in [1.807, 2.05) is 49.4 Å². The number of hydrogen-bond acceptors (Lipinski definition) is 3. The number of quaternary nitrogens is 1. The fourth-order valence-electron chi connectivity index (χ4n) is 3.33. The third-order valence-electron chi connectivity index (χ3n) is 4.95. The van der Waals surface area contributed by atoms with Crippen LogP contribution in [0.3, 0.4) is 0 Å². The summed E-state index contributed by atoms with van der Waals surface area (Å²) in [6.07, 6.45) is 0. The van der Waals surface area contributed by atoms with Gasteiger partial charge in [-0.3, -0.25) is 4.79 Å². The quantitative estimate of drug-likeness (QED) is 0.781. The molecule has 1 saturated heterocycles. The molecule has 1 aliphatic rings. The van der Waals surface area contributed by atoms with Crippen LogP contribution >= 0.6 is 15.9 Å². The third-order valence-corrected chi connectivity index (χ3v) is 5.48. The number of hydrogen-bond donors (Lipinski definition) is 2. The molecule has 0 unspecified atom stereocenters. The molecule has 138 valence electrons. The number of methoxy groups -OCH3 is 1. The minimum absolute atomic E-state index is 0.0630. The summed E-state index contributed by atoms with van der Waals surface area (Å²) in [7, 11) is 1.70. The van der Waals surface area contributed by atoms with Gasteiger partial charge in [0.15, 0.2) is 6.04 Å². The zero-order chi connectivity index (χ0) is 18.5. The van der Waals surface area contributed by atoms with Crippen molar-refractivity contribution in [3.8, 4) is 5.75 Å². The van der Waals surface area contributed by atoms with Crippen molar-refractivity contribution >= 4 is 33.2 Å². The molecule has 26 heavy (non-hydrogen) atoms. The van der Waals surface area contributed by atoms with Crippen LogP contribution in [-0.4, -0.2) is 45.2 Å². The summed E-state index contributed by atoms with van der Waals surface area (Å²) in [5.41, 5.74) is 1.96. The van der Waals surface area contributed by atoms with Crippen LogP contribution in [0.15, 0.2) is 53.0 Å². The predicted molar refractivity (Wildman–Crippen MR) is 108 cm³/mol. The molecule has 0 saturated carbocycles. The molecule has 0 bridgehead atoms. The first-order valence-corrected chi connectivity index (χ1v) is 9.67. The molecule has 2 aromatic carbocycles. The van der Waals surface area contributed by atoms with E-state index in [1.54, 1.807) is 7.11 Å². The molecular formula is C20H25BrN3O2+. The number of amides is 1. The van der Waals surface area contributed by atoms with Gasteiger partial charge in [0.1, 0.15) is 5.75 Å². The van der Waals surface area contributed by atoms with Crippen molar-refractivity contribution < 1.29 is 14.4 Å². The second-order valence-electron chi connectivity index (χ2n) is 6.53. The molecule has 0 spiro atoms. The highest BCUT2D eigenvalue weighted by atomic mass is 79.9. The molecule has 1 fully saturated rings. The molecule has 0 aliphatic carbocycles. The van der Waals surface area contributed by atoms with Crippen molar-refractivity contribution in [3.63, 3.8) is 0 Å². The van der Waals surface area contributed by atoms with Crippen molar-refractivity contribution in [2.45, 2.75) is 13.0 Å². The first-order valence-electron chi connectivity index (χ1n) is 8.87. The lowest BCUT2D eigenvalue weighted by Gasteiger charge is -2.36. The summed E-state index contributed by atoms with van der Waals surface area (Å²) in [6, 6.07) is 15.7. The molecule has 0 radical (unpaired) electrons. The molecule has 6 heteroatoms. The molecule has 2 N–H and O–H groups in total. The Kier molecular flexibility index (Phi) is 6.16. The lowest BCUT2D eigenvalue weighted by Crippen LogP contribution is -3.19. The van der Waals surface area contributed by atoms with Gasteiger partial charge >= 0.3 is 0 Å². The van der Waals surface area contributed by atoms with E-state index >= 15 is 0 Å². The molecule has 3 rings (SSSR count). The van der Waals surface area contributed by atoms with E-state index in [2.05, 4.69) is 32.2 Å². The highest BCUT2D eigenvalue weighted by Gasteiger charge is 2.30. The average Bonchev–Trinajstić information content (AvgIpc) is 2.69. The summed E-state index contributed by atoms with van der Waals surface area (Å²) in [5, 5.41) is 3.01. The number of para-hydroxylation sites is 2. The Morgan fingerprint density at radius 1 is 1.15 bits per heavy atom. The Morgan fingerprint density at radius 2 is 1.81 bits per heavy atom. The Balaban J connectivity index is 1.57. The first-order chi connectivity index (χ1) is 12.6. The van der Waals surface area contributed by atoms with Crippen LogP contribution in [0.5, 0.6) is 5.75 Å². The number of nitrogens with zero attached hydrogens (tertiary/aromatic N) is 1. The van der Waals surface area contributed by atoms with E-state index in [4.69, 9.17) is 4.74 Å². The van der Waals surface area contributed by atoms with E-state index in [0.717, 1.165) is 47.8 Å². The number of carbonyl (C=O) groups is 1. The zero-order valence-corrected chi connectivity index (χ0v) is 16.8. The first kappa shape index (κ1) is 18.7. The normalized spacial score (nSPS) is 16.2. The monoisotopic (exact) mass is 418 g/mol. The number of rotatable bonds is 5. The molecule has 1 aliphatic heterocycles. The van der Waals surface area contributed by atoms with Crippen LogP contribution in [0.2, 0.25) is 0 Å². The Labute approximate surface area is 163 Å². The third kappa shape index (κ3) is 4.37. The maximum Gasteiger partial charge on any atom is 0.282 e. The number of carbonyl (C=O) groups excluding carboxylic acids is 1. The summed E-state index contributed by atoms with van der Waals surface area (Å²) >= 11 is 3.41. The van der Waals surface area contributed by atoms with E-state index < -0.39 is 0 Å². The van der Waals surface area contributed by atoms with Gasteiger partial charge in [-0.15, -0.1) is 0 Å². The molecule has 1 atom stereocenters. The topological polar surface area (TPSA) is 46.0 Å². The second-order valence-corrected chi connectivity index (χ2v) is 7.45. The van der Waals surface area contributed by atoms with Crippen LogP contribution in [0.4, 0.5) is 11.4 Å². The minimum Gasteiger partial charge on any atom is -0.495 e. The number of halogens is 1. The van der Waals surface area contributed by atoms with Gasteiger partial charge in [-0.1, -0.05) is 28.1 Å². The van der Waals surface area contributed by atoms with E-state index in [-0.39, 0.29) is 11.9 Å². The van der Waals surface area contributed by atoms with E-state index in [9.17, 15) is 4.79 Å². The highest BCUT2D eigenvalue weighted by molar-refractivity contribution is 9.10. The summed E-state index contributed by atoms with van der Waals surface area (Å²) in [5.74, 6) is 0.963. The Morgan fingerprint density at radius 3 is 2.46 bits per heavy atom. The number of nitrogens with one attached hydrogen (secondary N) is 2. The summed E-state index contributed by atoms with van der Waals surface area (Å²) in [6.45, 7) is 5.67.